The average Bonchev–Trinajstić information content (AvgIpc) is 2.97. The Morgan fingerprint density at radius 1 is 1.00 bits per heavy atom. The number of rotatable bonds is 7. The fraction of sp³-hybridized carbons (Fsp3) is 0.323. The molecule has 3 aromatic carbocycles. The van der Waals surface area contributed by atoms with Gasteiger partial charge in [0.05, 0.1) is 36.3 Å². The van der Waals surface area contributed by atoms with Crippen LogP contribution in [0.5, 0.6) is 11.5 Å². The van der Waals surface area contributed by atoms with Gasteiger partial charge in [0, 0.05) is 31.2 Å². The first-order valence-electron chi connectivity index (χ1n) is 13.3. The number of methoxy groups -OCH3 is 1. The van der Waals surface area contributed by atoms with Crippen molar-refractivity contribution in [1.29, 1.82) is 0 Å². The molecule has 4 aromatic rings. The molecule has 39 heavy (non-hydrogen) atoms. The number of fused-ring (bicyclic) bond motifs is 1. The number of carbonyl (C=O) groups excluding carboxylic acids is 1. The molecule has 202 valence electrons. The van der Waals surface area contributed by atoms with Crippen LogP contribution in [0, 0.1) is 0 Å². The molecule has 0 N–H and O–H groups in total. The standard InChI is InChI=1S/C31H34N4O4/c1-5-39-26-16-12-24(13-17-26)35-29(32-28-9-7-6-8-27(28)31(35)37)22(3)33-18-19-34(21(2)20-33)30(36)23-10-14-25(38-4)15-11-23/h6-17,21-22H,5,18-20H2,1-4H3. The first-order chi connectivity index (χ1) is 18.9. The molecule has 0 spiro atoms. The van der Waals surface area contributed by atoms with Gasteiger partial charge in [-0.2, -0.15) is 0 Å². The second-order valence-electron chi connectivity index (χ2n) is 9.80. The SMILES string of the molecule is CCOc1ccc(-n2c(C(C)N3CCN(C(=O)c4ccc(OC)cc4)C(C)C3)nc3ccccc3c2=O)cc1. The zero-order valence-corrected chi connectivity index (χ0v) is 22.8. The van der Waals surface area contributed by atoms with Crippen molar-refractivity contribution >= 4 is 16.8 Å². The van der Waals surface area contributed by atoms with Crippen molar-refractivity contribution in [2.24, 2.45) is 0 Å². The van der Waals surface area contributed by atoms with Gasteiger partial charge in [0.2, 0.25) is 0 Å². The summed E-state index contributed by atoms with van der Waals surface area (Å²) >= 11 is 0. The maximum atomic E-state index is 13.8. The van der Waals surface area contributed by atoms with Gasteiger partial charge < -0.3 is 14.4 Å². The van der Waals surface area contributed by atoms with Crippen LogP contribution in [0.1, 0.15) is 43.0 Å². The first kappa shape index (κ1) is 26.4. The molecule has 1 aliphatic heterocycles. The molecule has 2 heterocycles. The van der Waals surface area contributed by atoms with Crippen LogP contribution in [0.3, 0.4) is 0 Å². The Kier molecular flexibility index (Phi) is 7.65. The van der Waals surface area contributed by atoms with E-state index in [9.17, 15) is 9.59 Å². The summed E-state index contributed by atoms with van der Waals surface area (Å²) in [6.45, 7) is 8.57. The van der Waals surface area contributed by atoms with E-state index >= 15 is 0 Å². The largest absolute Gasteiger partial charge is 0.497 e. The Bertz CT molecular complexity index is 1510. The Labute approximate surface area is 228 Å². The van der Waals surface area contributed by atoms with E-state index in [1.54, 1.807) is 23.8 Å². The van der Waals surface area contributed by atoms with E-state index in [0.29, 0.717) is 48.5 Å². The normalized spacial score (nSPS) is 16.7. The highest BCUT2D eigenvalue weighted by atomic mass is 16.5. The monoisotopic (exact) mass is 526 g/mol. The highest BCUT2D eigenvalue weighted by molar-refractivity contribution is 5.94. The summed E-state index contributed by atoms with van der Waals surface area (Å²) in [4.78, 5) is 36.2. The summed E-state index contributed by atoms with van der Waals surface area (Å²) in [6, 6.07) is 22.0. The van der Waals surface area contributed by atoms with Crippen molar-refractivity contribution < 1.29 is 14.3 Å². The highest BCUT2D eigenvalue weighted by Crippen LogP contribution is 2.27. The second-order valence-corrected chi connectivity index (χ2v) is 9.80. The fourth-order valence-electron chi connectivity index (χ4n) is 5.24. The Morgan fingerprint density at radius 3 is 2.36 bits per heavy atom. The van der Waals surface area contributed by atoms with Crippen molar-refractivity contribution in [2.75, 3.05) is 33.4 Å². The summed E-state index contributed by atoms with van der Waals surface area (Å²) in [5, 5.41) is 0.575. The van der Waals surface area contributed by atoms with Crippen LogP contribution in [-0.2, 0) is 0 Å². The molecule has 8 heteroatoms. The van der Waals surface area contributed by atoms with Crippen LogP contribution >= 0.6 is 0 Å². The molecular formula is C31H34N4O4. The van der Waals surface area contributed by atoms with E-state index in [1.165, 1.54) is 0 Å². The number of hydrogen-bond donors (Lipinski definition) is 0. The number of amides is 1. The number of benzene rings is 3. The van der Waals surface area contributed by atoms with E-state index in [1.807, 2.05) is 72.5 Å². The third-order valence-electron chi connectivity index (χ3n) is 7.39. The van der Waals surface area contributed by atoms with E-state index in [4.69, 9.17) is 14.5 Å². The summed E-state index contributed by atoms with van der Waals surface area (Å²) < 4.78 is 12.5. The van der Waals surface area contributed by atoms with Crippen LogP contribution in [-0.4, -0.2) is 64.7 Å². The van der Waals surface area contributed by atoms with E-state index in [-0.39, 0.29) is 23.6 Å². The minimum absolute atomic E-state index is 0.00702. The van der Waals surface area contributed by atoms with Gasteiger partial charge >= 0.3 is 0 Å². The number of hydrogen-bond acceptors (Lipinski definition) is 6. The average molecular weight is 527 g/mol. The minimum atomic E-state index is -0.158. The molecule has 2 unspecified atom stereocenters. The molecule has 1 aromatic heterocycles. The Hall–Kier alpha value is -4.17. The van der Waals surface area contributed by atoms with Crippen molar-refractivity contribution in [2.45, 2.75) is 32.9 Å². The van der Waals surface area contributed by atoms with Crippen LogP contribution in [0.25, 0.3) is 16.6 Å². The zero-order chi connectivity index (χ0) is 27.5. The second kappa shape index (κ2) is 11.3. The van der Waals surface area contributed by atoms with Crippen LogP contribution in [0.15, 0.2) is 77.6 Å². The van der Waals surface area contributed by atoms with Gasteiger partial charge in [-0.25, -0.2) is 4.98 Å². The van der Waals surface area contributed by atoms with Crippen molar-refractivity contribution in [3.05, 3.63) is 94.5 Å². The molecule has 1 aliphatic rings. The number of carbonyl (C=O) groups is 1. The van der Waals surface area contributed by atoms with Gasteiger partial charge in [-0.05, 0) is 81.4 Å². The van der Waals surface area contributed by atoms with E-state index < -0.39 is 0 Å². The lowest BCUT2D eigenvalue weighted by atomic mass is 10.1. The van der Waals surface area contributed by atoms with Gasteiger partial charge in [-0.1, -0.05) is 12.1 Å². The molecule has 1 amide bonds. The molecule has 0 saturated carbocycles. The van der Waals surface area contributed by atoms with Gasteiger partial charge in [0.1, 0.15) is 17.3 Å². The van der Waals surface area contributed by atoms with Crippen LogP contribution < -0.4 is 15.0 Å². The molecule has 1 fully saturated rings. The number of piperazine rings is 1. The number of aromatic nitrogens is 2. The molecule has 1 saturated heterocycles. The first-order valence-corrected chi connectivity index (χ1v) is 13.3. The third kappa shape index (κ3) is 5.25. The number of para-hydroxylation sites is 1. The van der Waals surface area contributed by atoms with Crippen molar-refractivity contribution in [3.63, 3.8) is 0 Å². The van der Waals surface area contributed by atoms with Crippen LogP contribution in [0.2, 0.25) is 0 Å². The zero-order valence-electron chi connectivity index (χ0n) is 22.8. The number of ether oxygens (including phenoxy) is 2. The summed E-state index contributed by atoms with van der Waals surface area (Å²) in [7, 11) is 1.61. The predicted molar refractivity (Wildman–Crippen MR) is 152 cm³/mol. The molecule has 5 rings (SSSR count). The molecule has 0 aliphatic carbocycles. The summed E-state index contributed by atoms with van der Waals surface area (Å²) in [5.41, 5.74) is 1.95. The molecule has 2 atom stereocenters. The third-order valence-corrected chi connectivity index (χ3v) is 7.39. The molecular weight excluding hydrogens is 492 g/mol. The van der Waals surface area contributed by atoms with Gasteiger partial charge in [-0.3, -0.25) is 19.1 Å². The molecule has 8 nitrogen and oxygen atoms in total. The Morgan fingerprint density at radius 2 is 1.69 bits per heavy atom. The van der Waals surface area contributed by atoms with Gasteiger partial charge in [0.15, 0.2) is 0 Å². The summed E-state index contributed by atoms with van der Waals surface area (Å²) in [5.74, 6) is 2.15. The lowest BCUT2D eigenvalue weighted by molar-refractivity contribution is 0.0394. The van der Waals surface area contributed by atoms with Gasteiger partial charge in [-0.15, -0.1) is 0 Å². The van der Waals surface area contributed by atoms with Crippen LogP contribution in [0.4, 0.5) is 0 Å². The maximum Gasteiger partial charge on any atom is 0.266 e. The Balaban J connectivity index is 1.44. The van der Waals surface area contributed by atoms with E-state index in [0.717, 1.165) is 17.2 Å². The van der Waals surface area contributed by atoms with Gasteiger partial charge in [0.25, 0.3) is 11.5 Å². The molecule has 0 bridgehead atoms. The minimum Gasteiger partial charge on any atom is -0.497 e. The topological polar surface area (TPSA) is 76.9 Å². The number of nitrogens with zero attached hydrogens (tertiary/aromatic N) is 4. The quantitative estimate of drug-likeness (QED) is 0.348. The van der Waals surface area contributed by atoms with E-state index in [2.05, 4.69) is 18.7 Å². The van der Waals surface area contributed by atoms with Crippen molar-refractivity contribution in [1.82, 2.24) is 19.4 Å². The van der Waals surface area contributed by atoms with Crippen molar-refractivity contribution in [3.8, 4) is 17.2 Å². The highest BCUT2D eigenvalue weighted by Gasteiger charge is 2.32. The maximum absolute atomic E-state index is 13.8. The fourth-order valence-corrected chi connectivity index (χ4v) is 5.24. The predicted octanol–water partition coefficient (Wildman–Crippen LogP) is 4.70. The summed E-state index contributed by atoms with van der Waals surface area (Å²) in [6.07, 6.45) is 0. The molecule has 0 radical (unpaired) electrons. The lowest BCUT2D eigenvalue weighted by Gasteiger charge is -2.42. The lowest BCUT2D eigenvalue weighted by Crippen LogP contribution is -2.54. The smallest absolute Gasteiger partial charge is 0.266 e.